The number of anilines is 2. The second-order valence-corrected chi connectivity index (χ2v) is 7.94. The second-order valence-electron chi connectivity index (χ2n) is 7.94. The van der Waals surface area contributed by atoms with Crippen LogP contribution in [0.3, 0.4) is 0 Å². The lowest BCUT2D eigenvalue weighted by Gasteiger charge is -2.36. The third kappa shape index (κ3) is 4.40. The lowest BCUT2D eigenvalue weighted by Crippen LogP contribution is -2.48. The van der Waals surface area contributed by atoms with Crippen LogP contribution in [0, 0.1) is 5.92 Å². The summed E-state index contributed by atoms with van der Waals surface area (Å²) in [6, 6.07) is 0.621. The van der Waals surface area contributed by atoms with Gasteiger partial charge in [-0.1, -0.05) is 13.3 Å². The summed E-state index contributed by atoms with van der Waals surface area (Å²) in [4.78, 5) is 40.8. The van der Waals surface area contributed by atoms with Gasteiger partial charge in [0.2, 0.25) is 0 Å². The highest BCUT2D eigenvalue weighted by Crippen LogP contribution is 2.27. The van der Waals surface area contributed by atoms with Crippen molar-refractivity contribution in [1.29, 1.82) is 0 Å². The molecule has 2 saturated heterocycles. The van der Waals surface area contributed by atoms with Crippen molar-refractivity contribution in [3.63, 3.8) is 0 Å². The minimum absolute atomic E-state index is 0.212. The number of hydrogen-bond acceptors (Lipinski definition) is 7. The Kier molecular flexibility index (Phi) is 7.10. The van der Waals surface area contributed by atoms with Crippen molar-refractivity contribution >= 4 is 17.3 Å². The van der Waals surface area contributed by atoms with E-state index in [2.05, 4.69) is 17.1 Å². The van der Waals surface area contributed by atoms with E-state index in [1.54, 1.807) is 6.92 Å². The predicted molar refractivity (Wildman–Crippen MR) is 111 cm³/mol. The highest BCUT2D eigenvalue weighted by molar-refractivity contribution is 5.78. The van der Waals surface area contributed by atoms with Crippen molar-refractivity contribution < 1.29 is 9.53 Å². The van der Waals surface area contributed by atoms with Crippen LogP contribution in [-0.4, -0.2) is 56.2 Å². The Morgan fingerprint density at radius 2 is 1.93 bits per heavy atom. The van der Waals surface area contributed by atoms with E-state index in [1.807, 2.05) is 4.90 Å². The molecule has 7 nitrogen and oxygen atoms in total. The first-order chi connectivity index (χ1) is 13.6. The molecular weight excluding hydrogens is 358 g/mol. The zero-order valence-electron chi connectivity index (χ0n) is 17.2. The first kappa shape index (κ1) is 20.8. The van der Waals surface area contributed by atoms with Crippen LogP contribution in [0.15, 0.2) is 9.59 Å². The maximum absolute atomic E-state index is 12.2. The topological polar surface area (TPSA) is 79.0 Å². The summed E-state index contributed by atoms with van der Waals surface area (Å²) in [5.41, 5.74) is 0.0274. The van der Waals surface area contributed by atoms with E-state index in [0.29, 0.717) is 43.7 Å². The number of likely N-dealkylation sites (tertiary alicyclic amines) is 1. The zero-order valence-corrected chi connectivity index (χ0v) is 17.2. The van der Waals surface area contributed by atoms with Gasteiger partial charge in [-0.15, -0.1) is 0 Å². The predicted octanol–water partition coefficient (Wildman–Crippen LogP) is 1.74. The molecule has 1 aromatic carbocycles. The summed E-state index contributed by atoms with van der Waals surface area (Å²) < 4.78 is 5.13. The number of ether oxygens (including phenoxy) is 1. The number of rotatable bonds is 8. The van der Waals surface area contributed by atoms with E-state index in [1.165, 1.54) is 19.3 Å². The standard InChI is InChI=1S/C21H33N3O4/c1-3-16-9-5-6-11-23(16)13-10-22-17-18(20(26)19(17)25)24-12-7-8-15(14-24)21(27)28-4-2/h15-16,22H,3-14H2,1-2H3/t15-,16-/m1/s1. The van der Waals surface area contributed by atoms with Crippen molar-refractivity contribution in [3.05, 3.63) is 20.4 Å². The molecule has 0 bridgehead atoms. The molecule has 0 aromatic heterocycles. The monoisotopic (exact) mass is 391 g/mol. The molecule has 0 unspecified atom stereocenters. The molecule has 0 amide bonds. The summed E-state index contributed by atoms with van der Waals surface area (Å²) in [7, 11) is 0. The van der Waals surface area contributed by atoms with Gasteiger partial charge in [0.05, 0.1) is 12.5 Å². The lowest BCUT2D eigenvalue weighted by molar-refractivity contribution is -0.148. The summed E-state index contributed by atoms with van der Waals surface area (Å²) in [5.74, 6) is -0.444. The van der Waals surface area contributed by atoms with Crippen LogP contribution in [0.4, 0.5) is 11.4 Å². The Morgan fingerprint density at radius 1 is 1.11 bits per heavy atom. The molecule has 0 saturated carbocycles. The smallest absolute Gasteiger partial charge is 0.310 e. The van der Waals surface area contributed by atoms with E-state index < -0.39 is 10.9 Å². The molecule has 0 spiro atoms. The van der Waals surface area contributed by atoms with E-state index in [4.69, 9.17) is 4.74 Å². The maximum atomic E-state index is 12.2. The summed E-state index contributed by atoms with van der Waals surface area (Å²) in [6.07, 6.45) is 6.49. The Bertz CT molecular complexity index is 740. The molecule has 2 aliphatic heterocycles. The Hall–Kier alpha value is -1.89. The molecule has 156 valence electrons. The van der Waals surface area contributed by atoms with Crippen LogP contribution >= 0.6 is 0 Å². The number of carbonyl (C=O) groups is 1. The Balaban J connectivity index is 1.60. The van der Waals surface area contributed by atoms with Crippen molar-refractivity contribution in [3.8, 4) is 0 Å². The largest absolute Gasteiger partial charge is 0.466 e. The van der Waals surface area contributed by atoms with Crippen LogP contribution in [0.5, 0.6) is 0 Å². The summed E-state index contributed by atoms with van der Waals surface area (Å²) >= 11 is 0. The maximum Gasteiger partial charge on any atom is 0.310 e. The Morgan fingerprint density at radius 3 is 2.68 bits per heavy atom. The van der Waals surface area contributed by atoms with Gasteiger partial charge in [-0.05, 0) is 45.6 Å². The van der Waals surface area contributed by atoms with Gasteiger partial charge in [0.1, 0.15) is 11.4 Å². The molecule has 2 atom stereocenters. The van der Waals surface area contributed by atoms with E-state index >= 15 is 0 Å². The number of piperidine rings is 2. The van der Waals surface area contributed by atoms with Crippen LogP contribution in [0.1, 0.15) is 52.4 Å². The molecule has 0 aliphatic carbocycles. The van der Waals surface area contributed by atoms with Gasteiger partial charge in [0.25, 0.3) is 10.9 Å². The van der Waals surface area contributed by atoms with Gasteiger partial charge in [0.15, 0.2) is 0 Å². The number of esters is 1. The normalized spacial score (nSPS) is 23.7. The van der Waals surface area contributed by atoms with Crippen molar-refractivity contribution in [1.82, 2.24) is 4.90 Å². The molecule has 2 aliphatic rings. The minimum atomic E-state index is -0.434. The van der Waals surface area contributed by atoms with Gasteiger partial charge in [0, 0.05) is 32.2 Å². The van der Waals surface area contributed by atoms with Gasteiger partial charge in [-0.2, -0.15) is 0 Å². The molecule has 3 rings (SSSR count). The third-order valence-corrected chi connectivity index (χ3v) is 6.16. The first-order valence-electron chi connectivity index (χ1n) is 10.8. The SMILES string of the molecule is CCOC(=O)[C@@H]1CCCN(c2c(NCCN3CCCC[C@H]3CC)c(=O)c2=O)C1. The molecule has 2 heterocycles. The average molecular weight is 392 g/mol. The quantitative estimate of drug-likeness (QED) is 0.534. The Labute approximate surface area is 166 Å². The van der Waals surface area contributed by atoms with Crippen molar-refractivity contribution in [2.75, 3.05) is 49.5 Å². The van der Waals surface area contributed by atoms with Crippen LogP contribution in [-0.2, 0) is 9.53 Å². The van der Waals surface area contributed by atoms with E-state index in [0.717, 1.165) is 32.4 Å². The summed E-state index contributed by atoms with van der Waals surface area (Å²) in [5, 5.41) is 3.22. The van der Waals surface area contributed by atoms with Crippen molar-refractivity contribution in [2.45, 2.75) is 58.4 Å². The fraction of sp³-hybridized carbons (Fsp3) is 0.762. The van der Waals surface area contributed by atoms with Gasteiger partial charge >= 0.3 is 5.97 Å². The zero-order chi connectivity index (χ0) is 20.1. The van der Waals surface area contributed by atoms with E-state index in [9.17, 15) is 14.4 Å². The number of nitrogens with zero attached hydrogens (tertiary/aromatic N) is 2. The minimum Gasteiger partial charge on any atom is -0.466 e. The van der Waals surface area contributed by atoms with Gasteiger partial charge < -0.3 is 15.0 Å². The highest BCUT2D eigenvalue weighted by Gasteiger charge is 2.33. The molecule has 28 heavy (non-hydrogen) atoms. The molecule has 7 heteroatoms. The molecule has 1 N–H and O–H groups in total. The fourth-order valence-electron chi connectivity index (χ4n) is 4.62. The molecule has 0 radical (unpaired) electrons. The average Bonchev–Trinajstić information content (AvgIpc) is 2.73. The van der Waals surface area contributed by atoms with Crippen molar-refractivity contribution in [2.24, 2.45) is 5.92 Å². The lowest BCUT2D eigenvalue weighted by atomic mass is 9.96. The second kappa shape index (κ2) is 9.54. The molecule has 1 aromatic rings. The fourth-order valence-corrected chi connectivity index (χ4v) is 4.62. The molecular formula is C21H33N3O4. The van der Waals surface area contributed by atoms with Crippen LogP contribution in [0.2, 0.25) is 0 Å². The van der Waals surface area contributed by atoms with Crippen LogP contribution in [0.25, 0.3) is 0 Å². The van der Waals surface area contributed by atoms with E-state index in [-0.39, 0.29) is 11.9 Å². The number of nitrogens with one attached hydrogen (secondary N) is 1. The number of hydrogen-bond donors (Lipinski definition) is 1. The van der Waals surface area contributed by atoms with Crippen LogP contribution < -0.4 is 21.1 Å². The number of carbonyl (C=O) groups excluding carboxylic acids is 1. The van der Waals surface area contributed by atoms with Gasteiger partial charge in [-0.25, -0.2) is 0 Å². The van der Waals surface area contributed by atoms with Gasteiger partial charge in [-0.3, -0.25) is 19.3 Å². The molecule has 2 fully saturated rings. The first-order valence-corrected chi connectivity index (χ1v) is 10.8. The highest BCUT2D eigenvalue weighted by atomic mass is 16.5. The third-order valence-electron chi connectivity index (χ3n) is 6.16. The summed E-state index contributed by atoms with van der Waals surface area (Å²) in [6.45, 7) is 8.15.